The molecular weight excluding hydrogens is 140 g/mol. The second-order valence-electron chi connectivity index (χ2n) is 2.60. The zero-order valence-electron chi connectivity index (χ0n) is 6.79. The van der Waals surface area contributed by atoms with Gasteiger partial charge in [-0.3, -0.25) is 4.99 Å². The third-order valence-corrected chi connectivity index (χ3v) is 1.66. The van der Waals surface area contributed by atoms with Crippen molar-refractivity contribution in [2.24, 2.45) is 10.7 Å². The summed E-state index contributed by atoms with van der Waals surface area (Å²) in [5.41, 5.74) is 5.32. The van der Waals surface area contributed by atoms with E-state index in [0.29, 0.717) is 6.54 Å². The van der Waals surface area contributed by atoms with Crippen molar-refractivity contribution >= 4 is 6.34 Å². The first-order valence-electron chi connectivity index (χ1n) is 4.08. The maximum absolute atomic E-state index is 5.32. The van der Waals surface area contributed by atoms with Gasteiger partial charge < -0.3 is 16.0 Å². The summed E-state index contributed by atoms with van der Waals surface area (Å²) in [7, 11) is 0. The molecule has 0 radical (unpaired) electrons. The molecule has 0 aliphatic carbocycles. The van der Waals surface area contributed by atoms with E-state index in [-0.39, 0.29) is 0 Å². The van der Waals surface area contributed by atoms with Crippen molar-refractivity contribution in [3.05, 3.63) is 0 Å². The van der Waals surface area contributed by atoms with Crippen LogP contribution in [-0.2, 0) is 0 Å². The number of aliphatic imine (C=N–C) groups is 1. The molecule has 0 fully saturated rings. The fraction of sp³-hybridized carbons (Fsp3) is 0.857. The Hall–Kier alpha value is -0.610. The smallest absolute Gasteiger partial charge is 0.0851 e. The minimum absolute atomic E-state index is 0.716. The van der Waals surface area contributed by atoms with E-state index < -0.39 is 0 Å². The number of rotatable bonds is 5. The first kappa shape index (κ1) is 8.49. The van der Waals surface area contributed by atoms with Gasteiger partial charge in [0.15, 0.2) is 0 Å². The Labute approximate surface area is 67.5 Å². The molecule has 0 unspecified atom stereocenters. The van der Waals surface area contributed by atoms with Crippen molar-refractivity contribution in [2.75, 3.05) is 39.3 Å². The van der Waals surface area contributed by atoms with Crippen LogP contribution in [0.3, 0.4) is 0 Å². The molecule has 0 amide bonds. The van der Waals surface area contributed by atoms with Crippen LogP contribution in [0.2, 0.25) is 0 Å². The van der Waals surface area contributed by atoms with Gasteiger partial charge in [0.05, 0.1) is 12.9 Å². The molecular formula is C7H16N4. The highest BCUT2D eigenvalue weighted by molar-refractivity contribution is 5.56. The molecule has 0 spiro atoms. The molecule has 0 bridgehead atoms. The normalized spacial score (nSPS) is 16.3. The molecule has 1 aliphatic rings. The van der Waals surface area contributed by atoms with Gasteiger partial charge in [0.1, 0.15) is 0 Å². The monoisotopic (exact) mass is 156 g/mol. The van der Waals surface area contributed by atoms with E-state index in [1.807, 2.05) is 6.34 Å². The Bertz CT molecular complexity index is 124. The number of hydrogen-bond donors (Lipinski definition) is 2. The van der Waals surface area contributed by atoms with E-state index in [1.54, 1.807) is 0 Å². The van der Waals surface area contributed by atoms with Crippen LogP contribution in [0.25, 0.3) is 0 Å². The average Bonchev–Trinajstić information content (AvgIpc) is 2.50. The van der Waals surface area contributed by atoms with E-state index in [9.17, 15) is 0 Å². The lowest BCUT2D eigenvalue weighted by Crippen LogP contribution is -2.32. The molecule has 0 aromatic rings. The molecule has 0 saturated heterocycles. The van der Waals surface area contributed by atoms with E-state index in [0.717, 1.165) is 32.7 Å². The minimum atomic E-state index is 0.716. The van der Waals surface area contributed by atoms with Crippen LogP contribution in [0.15, 0.2) is 4.99 Å². The predicted octanol–water partition coefficient (Wildman–Crippen LogP) is -1.12. The van der Waals surface area contributed by atoms with Gasteiger partial charge in [-0.05, 0) is 0 Å². The van der Waals surface area contributed by atoms with Gasteiger partial charge in [-0.15, -0.1) is 0 Å². The van der Waals surface area contributed by atoms with Crippen molar-refractivity contribution in [2.45, 2.75) is 0 Å². The largest absolute Gasteiger partial charge is 0.360 e. The summed E-state index contributed by atoms with van der Waals surface area (Å²) in [6.07, 6.45) is 1.92. The standard InChI is InChI=1S/C7H16N4/c8-1-2-9-3-5-11-6-4-10-7-11/h7,9H,1-6,8H2. The first-order valence-corrected chi connectivity index (χ1v) is 4.08. The molecule has 11 heavy (non-hydrogen) atoms. The summed E-state index contributed by atoms with van der Waals surface area (Å²) in [6, 6.07) is 0. The molecule has 3 N–H and O–H groups in total. The predicted molar refractivity (Wildman–Crippen MR) is 46.9 cm³/mol. The fourth-order valence-electron chi connectivity index (χ4n) is 1.04. The number of nitrogens with two attached hydrogens (primary N) is 1. The highest BCUT2D eigenvalue weighted by Crippen LogP contribution is 1.90. The highest BCUT2D eigenvalue weighted by Gasteiger charge is 2.02. The lowest BCUT2D eigenvalue weighted by molar-refractivity contribution is 0.454. The number of nitrogens with one attached hydrogen (secondary N) is 1. The number of nitrogens with zero attached hydrogens (tertiary/aromatic N) is 2. The van der Waals surface area contributed by atoms with E-state index in [1.165, 1.54) is 0 Å². The molecule has 0 aromatic heterocycles. The summed E-state index contributed by atoms with van der Waals surface area (Å²) in [6.45, 7) is 5.70. The van der Waals surface area contributed by atoms with Crippen molar-refractivity contribution in [3.8, 4) is 0 Å². The molecule has 0 aromatic carbocycles. The fourth-order valence-corrected chi connectivity index (χ4v) is 1.04. The van der Waals surface area contributed by atoms with E-state index in [4.69, 9.17) is 5.73 Å². The zero-order valence-corrected chi connectivity index (χ0v) is 6.79. The molecule has 1 heterocycles. The van der Waals surface area contributed by atoms with Gasteiger partial charge >= 0.3 is 0 Å². The Morgan fingerprint density at radius 1 is 1.55 bits per heavy atom. The van der Waals surface area contributed by atoms with Gasteiger partial charge in [-0.2, -0.15) is 0 Å². The zero-order chi connectivity index (χ0) is 7.94. The highest BCUT2D eigenvalue weighted by atomic mass is 15.2. The van der Waals surface area contributed by atoms with E-state index >= 15 is 0 Å². The maximum Gasteiger partial charge on any atom is 0.0851 e. The summed E-state index contributed by atoms with van der Waals surface area (Å²) in [5.74, 6) is 0. The second kappa shape index (κ2) is 5.09. The Morgan fingerprint density at radius 3 is 3.09 bits per heavy atom. The van der Waals surface area contributed by atoms with Crippen molar-refractivity contribution in [3.63, 3.8) is 0 Å². The molecule has 4 nitrogen and oxygen atoms in total. The van der Waals surface area contributed by atoms with Crippen LogP contribution in [-0.4, -0.2) is 50.5 Å². The summed E-state index contributed by atoms with van der Waals surface area (Å²) in [5, 5.41) is 3.23. The third-order valence-electron chi connectivity index (χ3n) is 1.66. The summed E-state index contributed by atoms with van der Waals surface area (Å²) in [4.78, 5) is 6.32. The van der Waals surface area contributed by atoms with Crippen LogP contribution < -0.4 is 11.1 Å². The Morgan fingerprint density at radius 2 is 2.45 bits per heavy atom. The van der Waals surface area contributed by atoms with Gasteiger partial charge in [0.25, 0.3) is 0 Å². The van der Waals surface area contributed by atoms with Gasteiger partial charge in [-0.25, -0.2) is 0 Å². The molecule has 4 heteroatoms. The van der Waals surface area contributed by atoms with Gasteiger partial charge in [-0.1, -0.05) is 0 Å². The quantitative estimate of drug-likeness (QED) is 0.496. The van der Waals surface area contributed by atoms with Crippen LogP contribution >= 0.6 is 0 Å². The Kier molecular flexibility index (Phi) is 3.93. The lowest BCUT2D eigenvalue weighted by atomic mass is 10.5. The molecule has 1 aliphatic heterocycles. The summed E-state index contributed by atoms with van der Waals surface area (Å²) >= 11 is 0. The topological polar surface area (TPSA) is 53.6 Å². The van der Waals surface area contributed by atoms with Crippen molar-refractivity contribution in [1.82, 2.24) is 10.2 Å². The van der Waals surface area contributed by atoms with Crippen LogP contribution in [0.4, 0.5) is 0 Å². The van der Waals surface area contributed by atoms with Gasteiger partial charge in [0, 0.05) is 32.7 Å². The molecule has 64 valence electrons. The second-order valence-corrected chi connectivity index (χ2v) is 2.60. The third kappa shape index (κ3) is 3.34. The van der Waals surface area contributed by atoms with Gasteiger partial charge in [0.2, 0.25) is 0 Å². The van der Waals surface area contributed by atoms with Crippen LogP contribution in [0.1, 0.15) is 0 Å². The van der Waals surface area contributed by atoms with E-state index in [2.05, 4.69) is 15.2 Å². The summed E-state index contributed by atoms with van der Waals surface area (Å²) < 4.78 is 0. The molecule has 0 atom stereocenters. The van der Waals surface area contributed by atoms with Crippen LogP contribution in [0.5, 0.6) is 0 Å². The average molecular weight is 156 g/mol. The lowest BCUT2D eigenvalue weighted by Gasteiger charge is -2.13. The molecule has 1 rings (SSSR count). The minimum Gasteiger partial charge on any atom is -0.360 e. The van der Waals surface area contributed by atoms with Crippen LogP contribution in [0, 0.1) is 0 Å². The first-order chi connectivity index (χ1) is 5.43. The Balaban J connectivity index is 1.90. The van der Waals surface area contributed by atoms with Crippen molar-refractivity contribution < 1.29 is 0 Å². The van der Waals surface area contributed by atoms with Crippen molar-refractivity contribution in [1.29, 1.82) is 0 Å². The maximum atomic E-state index is 5.32. The molecule has 0 saturated carbocycles. The number of hydrogen-bond acceptors (Lipinski definition) is 4. The SMILES string of the molecule is NCCNCCN1C=NCC1.